The highest BCUT2D eigenvalue weighted by Crippen LogP contribution is 2.37. The van der Waals surface area contributed by atoms with Gasteiger partial charge in [-0.25, -0.2) is 9.97 Å². The van der Waals surface area contributed by atoms with Crippen LogP contribution in [0.5, 0.6) is 6.01 Å². The Bertz CT molecular complexity index is 1270. The number of fused-ring (bicyclic) bond motifs is 2. The summed E-state index contributed by atoms with van der Waals surface area (Å²) in [5.41, 5.74) is 6.07. The number of nitriles is 1. The van der Waals surface area contributed by atoms with Gasteiger partial charge in [0, 0.05) is 43.3 Å². The average Bonchev–Trinajstić information content (AvgIpc) is 3.39. The Morgan fingerprint density at radius 2 is 1.97 bits per heavy atom. The predicted octanol–water partition coefficient (Wildman–Crippen LogP) is 3.33. The van der Waals surface area contributed by atoms with Crippen molar-refractivity contribution in [3.05, 3.63) is 60.0 Å². The Kier molecular flexibility index (Phi) is 3.91. The lowest BCUT2D eigenvalue weighted by atomic mass is 9.99. The van der Waals surface area contributed by atoms with Crippen molar-refractivity contribution in [2.45, 2.75) is 6.42 Å². The van der Waals surface area contributed by atoms with E-state index in [-0.39, 0.29) is 0 Å². The molecule has 0 bridgehead atoms. The summed E-state index contributed by atoms with van der Waals surface area (Å²) in [6.45, 7) is 0.966. The summed E-state index contributed by atoms with van der Waals surface area (Å²) in [6, 6.07) is 12.2. The molecule has 0 radical (unpaired) electrons. The summed E-state index contributed by atoms with van der Waals surface area (Å²) in [5.74, 6) is 1.02. The Labute approximate surface area is 167 Å². The summed E-state index contributed by atoms with van der Waals surface area (Å²) < 4.78 is 7.34. The number of anilines is 1. The van der Waals surface area contributed by atoms with Crippen LogP contribution in [0, 0.1) is 11.3 Å². The van der Waals surface area contributed by atoms with Crippen molar-refractivity contribution in [1.29, 1.82) is 5.26 Å². The number of hydrogen-bond acceptors (Lipinski definition) is 6. The summed E-state index contributed by atoms with van der Waals surface area (Å²) >= 11 is 0. The number of nitrogens with zero attached hydrogens (tertiary/aromatic N) is 6. The molecule has 3 aromatic heterocycles. The highest BCUT2D eigenvalue weighted by atomic mass is 16.5. The zero-order valence-electron chi connectivity index (χ0n) is 16.1. The zero-order valence-corrected chi connectivity index (χ0v) is 16.1. The van der Waals surface area contributed by atoms with E-state index < -0.39 is 0 Å². The number of imidazole rings is 1. The molecular weight excluding hydrogens is 364 g/mol. The Balaban J connectivity index is 1.79. The number of rotatable bonds is 3. The molecule has 1 aliphatic heterocycles. The summed E-state index contributed by atoms with van der Waals surface area (Å²) in [7, 11) is 3.65. The number of methoxy groups -OCH3 is 1. The van der Waals surface area contributed by atoms with Gasteiger partial charge in [-0.1, -0.05) is 12.1 Å². The van der Waals surface area contributed by atoms with E-state index in [2.05, 4.69) is 29.1 Å². The van der Waals surface area contributed by atoms with Crippen LogP contribution in [0.2, 0.25) is 0 Å². The normalized spacial score (nSPS) is 12.8. The molecule has 0 amide bonds. The maximum Gasteiger partial charge on any atom is 0.302 e. The van der Waals surface area contributed by atoms with E-state index in [1.807, 2.05) is 28.9 Å². The third-order valence-electron chi connectivity index (χ3n) is 5.29. The van der Waals surface area contributed by atoms with Crippen LogP contribution in [0.4, 0.5) is 5.82 Å². The van der Waals surface area contributed by atoms with E-state index in [0.29, 0.717) is 11.6 Å². The topological polar surface area (TPSA) is 79.3 Å². The average molecular weight is 382 g/mol. The Hall–Kier alpha value is -3.92. The molecule has 7 heteroatoms. The van der Waals surface area contributed by atoms with Crippen LogP contribution < -0.4 is 9.64 Å². The van der Waals surface area contributed by atoms with Crippen molar-refractivity contribution in [1.82, 2.24) is 19.4 Å². The minimum Gasteiger partial charge on any atom is -0.468 e. The fraction of sp³-hybridized carbons (Fsp3) is 0.182. The lowest BCUT2D eigenvalue weighted by Gasteiger charge is -2.15. The van der Waals surface area contributed by atoms with Crippen LogP contribution in [-0.2, 0) is 6.42 Å². The first-order valence-corrected chi connectivity index (χ1v) is 9.31. The molecule has 0 fully saturated rings. The highest BCUT2D eigenvalue weighted by molar-refractivity contribution is 5.90. The zero-order chi connectivity index (χ0) is 20.0. The minimum absolute atomic E-state index is 0.453. The van der Waals surface area contributed by atoms with E-state index in [1.54, 1.807) is 25.4 Å². The third-order valence-corrected chi connectivity index (χ3v) is 5.29. The summed E-state index contributed by atoms with van der Waals surface area (Å²) in [4.78, 5) is 16.2. The predicted molar refractivity (Wildman–Crippen MR) is 110 cm³/mol. The van der Waals surface area contributed by atoms with E-state index in [0.717, 1.165) is 46.8 Å². The molecule has 1 aromatic carbocycles. The highest BCUT2D eigenvalue weighted by Gasteiger charge is 2.22. The number of pyridine rings is 1. The quantitative estimate of drug-likeness (QED) is 0.541. The van der Waals surface area contributed by atoms with Crippen molar-refractivity contribution >= 4 is 11.5 Å². The van der Waals surface area contributed by atoms with E-state index in [4.69, 9.17) is 20.0 Å². The van der Waals surface area contributed by atoms with Crippen LogP contribution in [0.1, 0.15) is 11.1 Å². The maximum absolute atomic E-state index is 9.13. The molecule has 0 N–H and O–H groups in total. The lowest BCUT2D eigenvalue weighted by molar-refractivity contribution is 0.375. The van der Waals surface area contributed by atoms with Crippen LogP contribution >= 0.6 is 0 Å². The van der Waals surface area contributed by atoms with Crippen LogP contribution in [-0.4, -0.2) is 40.1 Å². The number of benzene rings is 1. The monoisotopic (exact) mass is 382 g/mol. The van der Waals surface area contributed by atoms with Gasteiger partial charge in [0.1, 0.15) is 5.82 Å². The second kappa shape index (κ2) is 6.60. The van der Waals surface area contributed by atoms with Crippen molar-refractivity contribution in [2.24, 2.45) is 0 Å². The summed E-state index contributed by atoms with van der Waals surface area (Å²) in [6.07, 6.45) is 6.42. The van der Waals surface area contributed by atoms with Gasteiger partial charge in [-0.3, -0.25) is 4.40 Å². The van der Waals surface area contributed by atoms with Gasteiger partial charge in [-0.15, -0.1) is 0 Å². The van der Waals surface area contributed by atoms with Gasteiger partial charge in [0.2, 0.25) is 0 Å². The molecule has 7 nitrogen and oxygen atoms in total. The molecule has 0 aliphatic carbocycles. The van der Waals surface area contributed by atoms with E-state index >= 15 is 0 Å². The second-order valence-electron chi connectivity index (χ2n) is 7.01. The molecular formula is C22H18N6O. The SMILES string of the molecule is COc1nc(-c2ccc(C#N)cc2)c(-c2cnc3c(c2)CCN3C)c2nccn12. The summed E-state index contributed by atoms with van der Waals surface area (Å²) in [5, 5.41) is 9.13. The van der Waals surface area contributed by atoms with E-state index in [9.17, 15) is 0 Å². The van der Waals surface area contributed by atoms with Gasteiger partial charge >= 0.3 is 6.01 Å². The fourth-order valence-corrected chi connectivity index (χ4v) is 3.84. The van der Waals surface area contributed by atoms with Gasteiger partial charge in [0.05, 0.1) is 30.0 Å². The number of likely N-dealkylation sites (N-methyl/N-ethyl adjacent to an activating group) is 1. The molecule has 0 spiro atoms. The molecule has 5 rings (SSSR count). The Morgan fingerprint density at radius 3 is 2.72 bits per heavy atom. The second-order valence-corrected chi connectivity index (χ2v) is 7.01. The largest absolute Gasteiger partial charge is 0.468 e. The standard InChI is InChI=1S/C22H18N6O/c1-27-9-7-16-11-17(13-25-20(16)27)18-19(15-5-3-14(12-23)4-6-15)26-22(29-2)28-10-8-24-21(18)28/h3-6,8,10-11,13H,7,9H2,1-2H3. The minimum atomic E-state index is 0.453. The molecule has 0 unspecified atom stereocenters. The molecule has 1 aliphatic rings. The van der Waals surface area contributed by atoms with Gasteiger partial charge in [-0.2, -0.15) is 10.2 Å². The van der Waals surface area contributed by atoms with Crippen LogP contribution in [0.25, 0.3) is 28.0 Å². The van der Waals surface area contributed by atoms with Gasteiger partial charge in [0.25, 0.3) is 0 Å². The molecule has 4 heterocycles. The van der Waals surface area contributed by atoms with Crippen LogP contribution in [0.15, 0.2) is 48.9 Å². The molecule has 0 saturated carbocycles. The van der Waals surface area contributed by atoms with Crippen molar-refractivity contribution in [2.75, 3.05) is 25.6 Å². The molecule has 0 atom stereocenters. The van der Waals surface area contributed by atoms with Gasteiger partial charge in [0.15, 0.2) is 5.65 Å². The van der Waals surface area contributed by atoms with Gasteiger partial charge < -0.3 is 9.64 Å². The maximum atomic E-state index is 9.13. The smallest absolute Gasteiger partial charge is 0.302 e. The molecule has 0 saturated heterocycles. The number of ether oxygens (including phenoxy) is 1. The number of hydrogen-bond donors (Lipinski definition) is 0. The lowest BCUT2D eigenvalue weighted by Crippen LogP contribution is -2.13. The molecule has 4 aromatic rings. The first-order chi connectivity index (χ1) is 14.2. The third kappa shape index (κ3) is 2.69. The van der Waals surface area contributed by atoms with E-state index in [1.165, 1.54) is 5.56 Å². The Morgan fingerprint density at radius 1 is 1.14 bits per heavy atom. The number of aromatic nitrogens is 4. The molecule has 142 valence electrons. The molecule has 29 heavy (non-hydrogen) atoms. The van der Waals surface area contributed by atoms with Crippen molar-refractivity contribution in [3.63, 3.8) is 0 Å². The first-order valence-electron chi connectivity index (χ1n) is 9.31. The fourth-order valence-electron chi connectivity index (χ4n) is 3.84. The van der Waals surface area contributed by atoms with Crippen LogP contribution in [0.3, 0.4) is 0 Å². The van der Waals surface area contributed by atoms with Crippen molar-refractivity contribution in [3.8, 4) is 34.5 Å². The van der Waals surface area contributed by atoms with Gasteiger partial charge in [-0.05, 0) is 30.2 Å². The van der Waals surface area contributed by atoms with Crippen molar-refractivity contribution < 1.29 is 4.74 Å². The first kappa shape index (κ1) is 17.2.